The van der Waals surface area contributed by atoms with E-state index in [9.17, 15) is 5.11 Å². The Morgan fingerprint density at radius 1 is 1.39 bits per heavy atom. The molecule has 1 saturated carbocycles. The van der Waals surface area contributed by atoms with Gasteiger partial charge < -0.3 is 15.3 Å². The Morgan fingerprint density at radius 3 is 2.78 bits per heavy atom. The summed E-state index contributed by atoms with van der Waals surface area (Å²) in [6.07, 6.45) is 4.67. The normalized spacial score (nSPS) is 21.3. The molecule has 1 heterocycles. The van der Waals surface area contributed by atoms with E-state index in [1.54, 1.807) is 6.07 Å². The lowest BCUT2D eigenvalue weighted by Gasteiger charge is -2.38. The third-order valence-electron chi connectivity index (χ3n) is 5.17. The van der Waals surface area contributed by atoms with E-state index in [1.165, 1.54) is 25.7 Å². The highest BCUT2D eigenvalue weighted by Gasteiger charge is 2.43. The molecule has 1 spiro atoms. The van der Waals surface area contributed by atoms with Crippen molar-refractivity contribution in [1.29, 1.82) is 0 Å². The minimum absolute atomic E-state index is 0.329. The number of nitrogens with one attached hydrogen (secondary N) is 1. The van der Waals surface area contributed by atoms with E-state index in [-0.39, 0.29) is 0 Å². The van der Waals surface area contributed by atoms with E-state index in [0.29, 0.717) is 17.0 Å². The molecule has 1 aromatic rings. The summed E-state index contributed by atoms with van der Waals surface area (Å²) in [6.45, 7) is 5.41. The van der Waals surface area contributed by atoms with Crippen LogP contribution in [0.3, 0.4) is 0 Å². The number of halogens is 1. The molecule has 1 aliphatic carbocycles. The van der Waals surface area contributed by atoms with Crippen LogP contribution in [0.25, 0.3) is 0 Å². The summed E-state index contributed by atoms with van der Waals surface area (Å²) in [6, 6.07) is 7.42. The van der Waals surface area contributed by atoms with Gasteiger partial charge in [-0.3, -0.25) is 4.99 Å². The summed E-state index contributed by atoms with van der Waals surface area (Å²) in [5.41, 5.74) is 1.28. The van der Waals surface area contributed by atoms with E-state index in [1.807, 2.05) is 18.2 Å². The quantitative estimate of drug-likeness (QED) is 0.656. The second-order valence-electron chi connectivity index (χ2n) is 6.76. The van der Waals surface area contributed by atoms with Crippen LogP contribution < -0.4 is 5.32 Å². The Bertz CT molecular complexity index is 571. The second kappa shape index (κ2) is 7.10. The zero-order valence-corrected chi connectivity index (χ0v) is 14.5. The van der Waals surface area contributed by atoms with Crippen LogP contribution in [0.2, 0.25) is 5.02 Å². The third kappa shape index (κ3) is 3.64. The van der Waals surface area contributed by atoms with Crippen LogP contribution in [0, 0.1) is 5.41 Å². The molecule has 0 radical (unpaired) electrons. The number of benzene rings is 1. The number of likely N-dealkylation sites (tertiary alicyclic amines) is 1. The van der Waals surface area contributed by atoms with Gasteiger partial charge in [-0.2, -0.15) is 0 Å². The Labute approximate surface area is 143 Å². The Hall–Kier alpha value is -1.26. The van der Waals surface area contributed by atoms with Gasteiger partial charge in [0.15, 0.2) is 5.96 Å². The van der Waals surface area contributed by atoms with E-state index in [2.05, 4.69) is 22.1 Å². The van der Waals surface area contributed by atoms with Crippen LogP contribution in [0.4, 0.5) is 0 Å². The van der Waals surface area contributed by atoms with Crippen molar-refractivity contribution < 1.29 is 5.11 Å². The molecule has 1 atom stereocenters. The Balaban J connectivity index is 1.66. The Morgan fingerprint density at radius 2 is 2.17 bits per heavy atom. The first-order valence-electron chi connectivity index (χ1n) is 8.59. The van der Waals surface area contributed by atoms with Crippen LogP contribution in [0.1, 0.15) is 44.3 Å². The molecule has 0 aromatic heterocycles. The van der Waals surface area contributed by atoms with Gasteiger partial charge in [0.1, 0.15) is 6.10 Å². The fraction of sp³-hybridized carbons (Fsp3) is 0.611. The molecule has 0 amide bonds. The van der Waals surface area contributed by atoms with E-state index in [0.717, 1.165) is 31.2 Å². The number of aliphatic hydroxyl groups is 1. The molecular formula is C18H26ClN3O. The average Bonchev–Trinajstić information content (AvgIpc) is 2.97. The maximum Gasteiger partial charge on any atom is 0.194 e. The molecular weight excluding hydrogens is 310 g/mol. The molecule has 126 valence electrons. The summed E-state index contributed by atoms with van der Waals surface area (Å²) >= 11 is 6.15. The van der Waals surface area contributed by atoms with Crippen molar-refractivity contribution in [1.82, 2.24) is 10.2 Å². The van der Waals surface area contributed by atoms with E-state index >= 15 is 0 Å². The summed E-state index contributed by atoms with van der Waals surface area (Å²) in [4.78, 5) is 7.01. The van der Waals surface area contributed by atoms with Gasteiger partial charge in [0, 0.05) is 30.2 Å². The van der Waals surface area contributed by atoms with Crippen molar-refractivity contribution in [3.05, 3.63) is 34.9 Å². The first-order valence-corrected chi connectivity index (χ1v) is 8.97. The van der Waals surface area contributed by atoms with Crippen molar-refractivity contribution in [3.63, 3.8) is 0 Å². The van der Waals surface area contributed by atoms with Crippen molar-refractivity contribution in [2.24, 2.45) is 10.4 Å². The standard InChI is InChI=1S/C18H26ClN3O/c1-2-20-17(22-11-10-18(13-22)8-5-9-18)21-12-16(23)14-6-3-4-7-15(14)19/h3-4,6-7,16,23H,2,5,8-13H2,1H3,(H,20,21). The molecule has 1 unspecified atom stereocenters. The van der Waals surface area contributed by atoms with Crippen LogP contribution in [-0.4, -0.2) is 42.1 Å². The molecule has 3 rings (SSSR count). The number of hydrogen-bond acceptors (Lipinski definition) is 2. The fourth-order valence-electron chi connectivity index (χ4n) is 3.64. The summed E-state index contributed by atoms with van der Waals surface area (Å²) < 4.78 is 0. The van der Waals surface area contributed by atoms with E-state index in [4.69, 9.17) is 11.6 Å². The highest BCUT2D eigenvalue weighted by molar-refractivity contribution is 6.31. The number of hydrogen-bond donors (Lipinski definition) is 2. The topological polar surface area (TPSA) is 47.9 Å². The lowest BCUT2D eigenvalue weighted by Crippen LogP contribution is -2.42. The molecule has 1 saturated heterocycles. The summed E-state index contributed by atoms with van der Waals surface area (Å²) in [7, 11) is 0. The smallest absolute Gasteiger partial charge is 0.194 e. The van der Waals surface area contributed by atoms with Gasteiger partial charge in [0.2, 0.25) is 0 Å². The van der Waals surface area contributed by atoms with Crippen molar-refractivity contribution in [3.8, 4) is 0 Å². The molecule has 5 heteroatoms. The molecule has 23 heavy (non-hydrogen) atoms. The average molecular weight is 336 g/mol. The second-order valence-corrected chi connectivity index (χ2v) is 7.16. The lowest BCUT2D eigenvalue weighted by molar-refractivity contribution is 0.151. The van der Waals surface area contributed by atoms with Gasteiger partial charge in [0.05, 0.1) is 6.54 Å². The van der Waals surface area contributed by atoms with Gasteiger partial charge in [-0.05, 0) is 37.7 Å². The Kier molecular flexibility index (Phi) is 5.12. The largest absolute Gasteiger partial charge is 0.386 e. The first-order chi connectivity index (χ1) is 11.1. The van der Waals surface area contributed by atoms with Gasteiger partial charge in [0.25, 0.3) is 0 Å². The van der Waals surface area contributed by atoms with Crippen molar-refractivity contribution in [2.75, 3.05) is 26.2 Å². The van der Waals surface area contributed by atoms with Gasteiger partial charge in [-0.25, -0.2) is 0 Å². The van der Waals surface area contributed by atoms with Gasteiger partial charge >= 0.3 is 0 Å². The highest BCUT2D eigenvalue weighted by Crippen LogP contribution is 2.47. The van der Waals surface area contributed by atoms with Crippen molar-refractivity contribution >= 4 is 17.6 Å². The predicted molar refractivity (Wildman–Crippen MR) is 94.9 cm³/mol. The molecule has 1 aromatic carbocycles. The minimum Gasteiger partial charge on any atom is -0.386 e. The molecule has 1 aliphatic heterocycles. The van der Waals surface area contributed by atoms with Gasteiger partial charge in [-0.1, -0.05) is 36.2 Å². The van der Waals surface area contributed by atoms with Crippen LogP contribution in [0.15, 0.2) is 29.3 Å². The third-order valence-corrected chi connectivity index (χ3v) is 5.51. The molecule has 2 fully saturated rings. The monoisotopic (exact) mass is 335 g/mol. The van der Waals surface area contributed by atoms with Crippen LogP contribution in [0.5, 0.6) is 0 Å². The maximum absolute atomic E-state index is 10.4. The summed E-state index contributed by atoms with van der Waals surface area (Å²) in [5, 5.41) is 14.3. The number of nitrogens with zero attached hydrogens (tertiary/aromatic N) is 2. The number of aliphatic imine (C=N–C) groups is 1. The van der Waals surface area contributed by atoms with E-state index < -0.39 is 6.10 Å². The lowest BCUT2D eigenvalue weighted by atomic mass is 9.68. The number of rotatable bonds is 4. The molecule has 0 bridgehead atoms. The van der Waals surface area contributed by atoms with Crippen molar-refractivity contribution in [2.45, 2.75) is 38.7 Å². The minimum atomic E-state index is -0.669. The molecule has 2 aliphatic rings. The summed E-state index contributed by atoms with van der Waals surface area (Å²) in [5.74, 6) is 0.919. The maximum atomic E-state index is 10.4. The predicted octanol–water partition coefficient (Wildman–Crippen LogP) is 3.21. The zero-order chi connectivity index (χ0) is 16.3. The fourth-order valence-corrected chi connectivity index (χ4v) is 3.90. The van der Waals surface area contributed by atoms with Crippen LogP contribution >= 0.6 is 11.6 Å². The number of guanidine groups is 1. The highest BCUT2D eigenvalue weighted by atomic mass is 35.5. The molecule has 2 N–H and O–H groups in total. The number of aliphatic hydroxyl groups excluding tert-OH is 1. The SMILES string of the molecule is CCNC(=NCC(O)c1ccccc1Cl)N1CCC2(CCC2)C1. The van der Waals surface area contributed by atoms with Gasteiger partial charge in [-0.15, -0.1) is 0 Å². The molecule has 4 nitrogen and oxygen atoms in total. The first kappa shape index (κ1) is 16.6. The zero-order valence-electron chi connectivity index (χ0n) is 13.8. The van der Waals surface area contributed by atoms with Crippen LogP contribution in [-0.2, 0) is 0 Å².